The Hall–Kier alpha value is -0.870. The van der Waals surface area contributed by atoms with Gasteiger partial charge in [-0.15, -0.1) is 11.3 Å². The van der Waals surface area contributed by atoms with Gasteiger partial charge in [-0.1, -0.05) is 6.92 Å². The zero-order valence-corrected chi connectivity index (χ0v) is 12.5. The van der Waals surface area contributed by atoms with Crippen LogP contribution in [-0.4, -0.2) is 12.5 Å². The number of hydrogen-bond acceptors (Lipinski definition) is 3. The van der Waals surface area contributed by atoms with E-state index in [1.807, 2.05) is 11.3 Å². The number of hydrogen-bond donors (Lipinski definition) is 2. The monoisotopic (exact) mass is 280 g/mol. The van der Waals surface area contributed by atoms with Gasteiger partial charge in [0.25, 0.3) is 0 Å². The summed E-state index contributed by atoms with van der Waals surface area (Å²) in [7, 11) is 0. The van der Waals surface area contributed by atoms with Gasteiger partial charge in [-0.2, -0.15) is 0 Å². The number of carbonyl (C=O) groups excluding carboxylic acids is 1. The van der Waals surface area contributed by atoms with Gasteiger partial charge in [-0.3, -0.25) is 4.79 Å². The van der Waals surface area contributed by atoms with Gasteiger partial charge >= 0.3 is 0 Å². The summed E-state index contributed by atoms with van der Waals surface area (Å²) in [5, 5.41) is 5.33. The SMILES string of the molecule is CC(CCN)CCC(=O)NC1CCCc2sccc21. The van der Waals surface area contributed by atoms with Crippen LogP contribution in [0.25, 0.3) is 0 Å². The van der Waals surface area contributed by atoms with Crippen LogP contribution in [0, 0.1) is 5.92 Å². The Balaban J connectivity index is 1.81. The first-order valence-electron chi connectivity index (χ1n) is 7.26. The molecule has 2 atom stereocenters. The van der Waals surface area contributed by atoms with E-state index in [4.69, 9.17) is 5.73 Å². The summed E-state index contributed by atoms with van der Waals surface area (Å²) in [6.45, 7) is 2.88. The van der Waals surface area contributed by atoms with E-state index in [0.717, 1.165) is 19.3 Å². The summed E-state index contributed by atoms with van der Waals surface area (Å²) in [6, 6.07) is 2.41. The molecular formula is C15H24N2OS. The Labute approximate surface area is 119 Å². The number of nitrogens with two attached hydrogens (primary N) is 1. The number of rotatable bonds is 6. The van der Waals surface area contributed by atoms with Crippen LogP contribution in [0.2, 0.25) is 0 Å². The van der Waals surface area contributed by atoms with Crippen LogP contribution < -0.4 is 11.1 Å². The lowest BCUT2D eigenvalue weighted by atomic mass is 9.93. The van der Waals surface area contributed by atoms with Gasteiger partial charge in [0, 0.05) is 11.3 Å². The van der Waals surface area contributed by atoms with E-state index >= 15 is 0 Å². The summed E-state index contributed by atoms with van der Waals surface area (Å²) >= 11 is 1.82. The molecule has 0 saturated heterocycles. The highest BCUT2D eigenvalue weighted by Crippen LogP contribution is 2.33. The van der Waals surface area contributed by atoms with Crippen LogP contribution in [0.1, 0.15) is 55.5 Å². The highest BCUT2D eigenvalue weighted by molar-refractivity contribution is 7.10. The zero-order valence-electron chi connectivity index (χ0n) is 11.7. The Bertz CT molecular complexity index is 416. The fourth-order valence-electron chi connectivity index (χ4n) is 2.71. The largest absolute Gasteiger partial charge is 0.349 e. The van der Waals surface area contributed by atoms with Crippen molar-refractivity contribution >= 4 is 17.2 Å². The molecule has 3 N–H and O–H groups in total. The second-order valence-electron chi connectivity index (χ2n) is 5.53. The smallest absolute Gasteiger partial charge is 0.220 e. The number of amides is 1. The van der Waals surface area contributed by atoms with Crippen LogP contribution in [0.15, 0.2) is 11.4 Å². The van der Waals surface area contributed by atoms with Gasteiger partial charge in [0.2, 0.25) is 5.91 Å². The molecule has 19 heavy (non-hydrogen) atoms. The molecule has 0 saturated carbocycles. The molecule has 1 aliphatic rings. The first-order chi connectivity index (χ1) is 9.20. The molecule has 1 aliphatic carbocycles. The third-order valence-corrected chi connectivity index (χ3v) is 4.91. The highest BCUT2D eigenvalue weighted by atomic mass is 32.1. The molecule has 2 rings (SSSR count). The maximum atomic E-state index is 12.0. The van der Waals surface area contributed by atoms with Gasteiger partial charge in [0.1, 0.15) is 0 Å². The Morgan fingerprint density at radius 2 is 2.42 bits per heavy atom. The molecule has 1 aromatic rings. The number of aryl methyl sites for hydroxylation is 1. The molecule has 3 nitrogen and oxygen atoms in total. The highest BCUT2D eigenvalue weighted by Gasteiger charge is 2.22. The summed E-state index contributed by atoms with van der Waals surface area (Å²) < 4.78 is 0. The van der Waals surface area contributed by atoms with Gasteiger partial charge in [0.05, 0.1) is 6.04 Å². The van der Waals surface area contributed by atoms with E-state index < -0.39 is 0 Å². The maximum Gasteiger partial charge on any atom is 0.220 e. The summed E-state index contributed by atoms with van der Waals surface area (Å²) in [5.74, 6) is 0.728. The van der Waals surface area contributed by atoms with Crippen molar-refractivity contribution in [3.05, 3.63) is 21.9 Å². The number of nitrogens with one attached hydrogen (secondary N) is 1. The molecule has 1 heterocycles. The first-order valence-corrected chi connectivity index (χ1v) is 8.14. The van der Waals surface area contributed by atoms with E-state index in [9.17, 15) is 4.79 Å². The number of carbonyl (C=O) groups is 1. The topological polar surface area (TPSA) is 55.1 Å². The average Bonchev–Trinajstić information content (AvgIpc) is 2.86. The van der Waals surface area contributed by atoms with Crippen molar-refractivity contribution in [3.8, 4) is 0 Å². The van der Waals surface area contributed by atoms with Crippen LogP contribution in [-0.2, 0) is 11.2 Å². The van der Waals surface area contributed by atoms with Crippen molar-refractivity contribution in [2.75, 3.05) is 6.54 Å². The van der Waals surface area contributed by atoms with E-state index in [1.165, 1.54) is 23.3 Å². The molecule has 0 fully saturated rings. The second kappa shape index (κ2) is 7.06. The van der Waals surface area contributed by atoms with Crippen molar-refractivity contribution < 1.29 is 4.79 Å². The van der Waals surface area contributed by atoms with E-state index in [2.05, 4.69) is 23.7 Å². The molecule has 1 amide bonds. The van der Waals surface area contributed by atoms with Crippen molar-refractivity contribution in [1.82, 2.24) is 5.32 Å². The number of thiophene rings is 1. The van der Waals surface area contributed by atoms with Crippen molar-refractivity contribution in [2.24, 2.45) is 11.7 Å². The minimum absolute atomic E-state index is 0.188. The molecular weight excluding hydrogens is 256 g/mol. The fourth-order valence-corrected chi connectivity index (χ4v) is 3.70. The minimum Gasteiger partial charge on any atom is -0.349 e. The molecule has 0 spiro atoms. The Morgan fingerprint density at radius 3 is 3.21 bits per heavy atom. The van der Waals surface area contributed by atoms with Crippen molar-refractivity contribution in [3.63, 3.8) is 0 Å². The second-order valence-corrected chi connectivity index (χ2v) is 6.53. The lowest BCUT2D eigenvalue weighted by molar-refractivity contribution is -0.122. The van der Waals surface area contributed by atoms with E-state index in [0.29, 0.717) is 18.9 Å². The Morgan fingerprint density at radius 1 is 1.58 bits per heavy atom. The first kappa shape index (κ1) is 14.5. The standard InChI is InChI=1S/C15H24N2OS/c1-11(7-9-16)5-6-15(18)17-13-3-2-4-14-12(13)8-10-19-14/h8,10-11,13H,2-7,9,16H2,1H3,(H,17,18). The van der Waals surface area contributed by atoms with Crippen LogP contribution in [0.5, 0.6) is 0 Å². The van der Waals surface area contributed by atoms with Crippen LogP contribution in [0.3, 0.4) is 0 Å². The van der Waals surface area contributed by atoms with E-state index in [1.54, 1.807) is 0 Å². The molecule has 106 valence electrons. The molecule has 0 aromatic carbocycles. The lowest BCUT2D eigenvalue weighted by Gasteiger charge is -2.24. The predicted octanol–water partition coefficient (Wildman–Crippen LogP) is 3.01. The van der Waals surface area contributed by atoms with Gasteiger partial charge in [-0.25, -0.2) is 0 Å². The quantitative estimate of drug-likeness (QED) is 0.841. The third kappa shape index (κ3) is 4.05. The summed E-state index contributed by atoms with van der Waals surface area (Å²) in [4.78, 5) is 13.5. The third-order valence-electron chi connectivity index (χ3n) is 3.91. The van der Waals surface area contributed by atoms with Gasteiger partial charge < -0.3 is 11.1 Å². The summed E-state index contributed by atoms with van der Waals surface area (Å²) in [6.07, 6.45) is 6.00. The predicted molar refractivity (Wildman–Crippen MR) is 80.2 cm³/mol. The summed E-state index contributed by atoms with van der Waals surface area (Å²) in [5.41, 5.74) is 6.87. The molecule has 4 heteroatoms. The Kier molecular flexibility index (Phi) is 5.40. The van der Waals surface area contributed by atoms with Crippen LogP contribution in [0.4, 0.5) is 0 Å². The van der Waals surface area contributed by atoms with Crippen LogP contribution >= 0.6 is 11.3 Å². The fraction of sp³-hybridized carbons (Fsp3) is 0.667. The molecule has 0 radical (unpaired) electrons. The van der Waals surface area contributed by atoms with Gasteiger partial charge in [0.15, 0.2) is 0 Å². The van der Waals surface area contributed by atoms with E-state index in [-0.39, 0.29) is 11.9 Å². The average molecular weight is 280 g/mol. The van der Waals surface area contributed by atoms with Crippen molar-refractivity contribution in [1.29, 1.82) is 0 Å². The van der Waals surface area contributed by atoms with Gasteiger partial charge in [-0.05, 0) is 61.6 Å². The molecule has 1 aromatic heterocycles. The zero-order chi connectivity index (χ0) is 13.7. The maximum absolute atomic E-state index is 12.0. The molecule has 2 unspecified atom stereocenters. The number of fused-ring (bicyclic) bond motifs is 1. The molecule has 0 bridgehead atoms. The normalized spacial score (nSPS) is 19.8. The minimum atomic E-state index is 0.188. The lowest BCUT2D eigenvalue weighted by Crippen LogP contribution is -2.30. The molecule has 0 aliphatic heterocycles. The van der Waals surface area contributed by atoms with Crippen molar-refractivity contribution in [2.45, 2.75) is 51.5 Å².